The third-order valence-corrected chi connectivity index (χ3v) is 1.78. The normalized spacial score (nSPS) is 11.5. The first-order valence-electron chi connectivity index (χ1n) is 3.09. The molecule has 0 atom stereocenters. The molecule has 1 heterocycles. The van der Waals surface area contributed by atoms with Crippen molar-refractivity contribution >= 4 is 15.9 Å². The van der Waals surface area contributed by atoms with Crippen LogP contribution in [0.25, 0.3) is 0 Å². The van der Waals surface area contributed by atoms with Gasteiger partial charge in [0.1, 0.15) is 0 Å². The van der Waals surface area contributed by atoms with Crippen molar-refractivity contribution in [2.45, 2.75) is 6.18 Å². The van der Waals surface area contributed by atoms with Gasteiger partial charge >= 0.3 is 6.18 Å². The molecule has 13 heavy (non-hydrogen) atoms. The summed E-state index contributed by atoms with van der Waals surface area (Å²) in [5, 5.41) is 6.19. The number of hydrogen-bond donors (Lipinski definition) is 0. The van der Waals surface area contributed by atoms with Gasteiger partial charge in [0, 0.05) is 6.07 Å². The highest BCUT2D eigenvalue weighted by Crippen LogP contribution is 2.31. The molecule has 0 radical (unpaired) electrons. The van der Waals surface area contributed by atoms with Gasteiger partial charge in [0.2, 0.25) is 0 Å². The van der Waals surface area contributed by atoms with Crippen molar-refractivity contribution in [1.29, 1.82) is 0 Å². The molecule has 0 saturated heterocycles. The average molecular weight is 257 g/mol. The second-order valence-electron chi connectivity index (χ2n) is 2.09. The monoisotopic (exact) mass is 256 g/mol. The molecule has 0 aromatic carbocycles. The van der Waals surface area contributed by atoms with Gasteiger partial charge in [0.05, 0.1) is 7.11 Å². The lowest BCUT2D eigenvalue weighted by atomic mass is 10.4. The van der Waals surface area contributed by atoms with Crippen molar-refractivity contribution in [3.63, 3.8) is 0 Å². The Hall–Kier alpha value is -0.850. The summed E-state index contributed by atoms with van der Waals surface area (Å²) < 4.78 is 41.0. The van der Waals surface area contributed by atoms with Gasteiger partial charge in [-0.3, -0.25) is 0 Å². The first-order chi connectivity index (χ1) is 5.95. The molecule has 0 N–H and O–H groups in total. The van der Waals surface area contributed by atoms with E-state index >= 15 is 0 Å². The average Bonchev–Trinajstić information content (AvgIpc) is 2.03. The molecule has 7 heteroatoms. The largest absolute Gasteiger partial charge is 0.494 e. The van der Waals surface area contributed by atoms with Crippen LogP contribution in [-0.4, -0.2) is 17.3 Å². The lowest BCUT2D eigenvalue weighted by molar-refractivity contribution is -0.141. The van der Waals surface area contributed by atoms with Crippen molar-refractivity contribution in [2.75, 3.05) is 7.11 Å². The van der Waals surface area contributed by atoms with E-state index in [4.69, 9.17) is 0 Å². The lowest BCUT2D eigenvalue weighted by Crippen LogP contribution is -2.09. The maximum Gasteiger partial charge on any atom is 0.435 e. The van der Waals surface area contributed by atoms with Crippen LogP contribution in [-0.2, 0) is 6.18 Å². The molecule has 0 aliphatic rings. The van der Waals surface area contributed by atoms with Gasteiger partial charge in [0.15, 0.2) is 16.0 Å². The van der Waals surface area contributed by atoms with Crippen molar-refractivity contribution in [3.8, 4) is 5.75 Å². The summed E-state index contributed by atoms with van der Waals surface area (Å²) in [6.45, 7) is 0. The molecule has 72 valence electrons. The molecule has 1 rings (SSSR count). The van der Waals surface area contributed by atoms with Gasteiger partial charge < -0.3 is 4.74 Å². The minimum atomic E-state index is -4.50. The Bertz CT molecular complexity index is 315. The summed E-state index contributed by atoms with van der Waals surface area (Å²) >= 11 is 2.89. The molecule has 0 saturated carbocycles. The SMILES string of the molecule is COc1cc(C(F)(F)F)nnc1Br. The van der Waals surface area contributed by atoms with Gasteiger partial charge in [-0.1, -0.05) is 0 Å². The van der Waals surface area contributed by atoms with Crippen molar-refractivity contribution in [3.05, 3.63) is 16.4 Å². The number of halogens is 4. The van der Waals surface area contributed by atoms with Gasteiger partial charge in [-0.05, 0) is 15.9 Å². The molecular weight excluding hydrogens is 253 g/mol. The summed E-state index contributed by atoms with van der Waals surface area (Å²) in [7, 11) is 1.25. The molecule has 0 aliphatic carbocycles. The van der Waals surface area contributed by atoms with Crippen LogP contribution >= 0.6 is 15.9 Å². The molecule has 0 spiro atoms. The van der Waals surface area contributed by atoms with Crippen LogP contribution < -0.4 is 4.74 Å². The van der Waals surface area contributed by atoms with E-state index in [9.17, 15) is 13.2 Å². The van der Waals surface area contributed by atoms with E-state index in [1.807, 2.05) is 0 Å². The number of ether oxygens (including phenoxy) is 1. The molecule has 0 fully saturated rings. The van der Waals surface area contributed by atoms with Crippen molar-refractivity contribution in [2.24, 2.45) is 0 Å². The first-order valence-corrected chi connectivity index (χ1v) is 3.89. The fourth-order valence-corrected chi connectivity index (χ4v) is 0.997. The second kappa shape index (κ2) is 3.49. The zero-order valence-corrected chi connectivity index (χ0v) is 7.98. The molecule has 0 bridgehead atoms. The Morgan fingerprint density at radius 3 is 2.46 bits per heavy atom. The summed E-state index contributed by atoms with van der Waals surface area (Å²) in [5.74, 6) is 0.00215. The Kier molecular flexibility index (Phi) is 2.74. The van der Waals surface area contributed by atoms with Gasteiger partial charge in [-0.15, -0.1) is 10.2 Å². The summed E-state index contributed by atoms with van der Waals surface area (Å²) in [4.78, 5) is 0. The zero-order chi connectivity index (χ0) is 10.1. The van der Waals surface area contributed by atoms with Crippen LogP contribution in [0.15, 0.2) is 10.7 Å². The van der Waals surface area contributed by atoms with E-state index in [0.29, 0.717) is 0 Å². The highest BCUT2D eigenvalue weighted by Gasteiger charge is 2.34. The quantitative estimate of drug-likeness (QED) is 0.774. The van der Waals surface area contributed by atoms with Crippen LogP contribution in [0.1, 0.15) is 5.69 Å². The van der Waals surface area contributed by atoms with Gasteiger partial charge in [-0.25, -0.2) is 0 Å². The summed E-state index contributed by atoms with van der Waals surface area (Å²) in [6, 6.07) is 0.775. The van der Waals surface area contributed by atoms with Crippen LogP contribution in [0, 0.1) is 0 Å². The number of rotatable bonds is 1. The first kappa shape index (κ1) is 10.2. The van der Waals surface area contributed by atoms with Crippen molar-refractivity contribution in [1.82, 2.24) is 10.2 Å². The van der Waals surface area contributed by atoms with E-state index in [1.165, 1.54) is 7.11 Å². The molecule has 1 aromatic heterocycles. The smallest absolute Gasteiger partial charge is 0.435 e. The number of alkyl halides is 3. The Labute approximate surface area is 80.0 Å². The van der Waals surface area contributed by atoms with Crippen LogP contribution in [0.3, 0.4) is 0 Å². The fraction of sp³-hybridized carbons (Fsp3) is 0.333. The molecular formula is C6H4BrF3N2O. The minimum absolute atomic E-state index is 0.00215. The molecule has 0 amide bonds. The number of aromatic nitrogens is 2. The number of methoxy groups -OCH3 is 1. The number of nitrogens with zero attached hydrogens (tertiary/aromatic N) is 2. The van der Waals surface area contributed by atoms with Gasteiger partial charge in [-0.2, -0.15) is 13.2 Å². The third kappa shape index (κ3) is 2.30. The summed E-state index contributed by atoms with van der Waals surface area (Å²) in [5.41, 5.74) is -1.08. The predicted octanol–water partition coefficient (Wildman–Crippen LogP) is 2.27. The second-order valence-corrected chi connectivity index (χ2v) is 2.84. The molecule has 3 nitrogen and oxygen atoms in total. The Balaban J connectivity index is 3.14. The predicted molar refractivity (Wildman–Crippen MR) is 41.3 cm³/mol. The Morgan fingerprint density at radius 2 is 2.00 bits per heavy atom. The topological polar surface area (TPSA) is 35.0 Å². The fourth-order valence-electron chi connectivity index (χ4n) is 0.641. The van der Waals surface area contributed by atoms with E-state index in [0.717, 1.165) is 6.07 Å². The van der Waals surface area contributed by atoms with Crippen LogP contribution in [0.2, 0.25) is 0 Å². The Morgan fingerprint density at radius 1 is 1.38 bits per heavy atom. The zero-order valence-electron chi connectivity index (χ0n) is 6.39. The molecule has 0 unspecified atom stereocenters. The molecule has 1 aromatic rings. The number of hydrogen-bond acceptors (Lipinski definition) is 3. The lowest BCUT2D eigenvalue weighted by Gasteiger charge is -2.06. The van der Waals surface area contributed by atoms with E-state index < -0.39 is 11.9 Å². The van der Waals surface area contributed by atoms with Crippen LogP contribution in [0.4, 0.5) is 13.2 Å². The highest BCUT2D eigenvalue weighted by atomic mass is 79.9. The minimum Gasteiger partial charge on any atom is -0.494 e. The van der Waals surface area contributed by atoms with Crippen molar-refractivity contribution < 1.29 is 17.9 Å². The highest BCUT2D eigenvalue weighted by molar-refractivity contribution is 9.10. The summed E-state index contributed by atoms with van der Waals surface area (Å²) in [6.07, 6.45) is -4.50. The molecule has 0 aliphatic heterocycles. The van der Waals surface area contributed by atoms with E-state index in [-0.39, 0.29) is 10.4 Å². The van der Waals surface area contributed by atoms with Crippen LogP contribution in [0.5, 0.6) is 5.75 Å². The van der Waals surface area contributed by atoms with E-state index in [2.05, 4.69) is 30.9 Å². The van der Waals surface area contributed by atoms with E-state index in [1.54, 1.807) is 0 Å². The third-order valence-electron chi connectivity index (χ3n) is 1.23. The standard InChI is InChI=1S/C6H4BrF3N2O/c1-13-3-2-4(6(8,9)10)11-12-5(3)7/h2H,1H3. The van der Waals surface area contributed by atoms with Gasteiger partial charge in [0.25, 0.3) is 0 Å². The maximum absolute atomic E-state index is 12.1. The maximum atomic E-state index is 12.1.